The summed E-state index contributed by atoms with van der Waals surface area (Å²) in [5, 5.41) is 10.1. The summed E-state index contributed by atoms with van der Waals surface area (Å²) in [4.78, 5) is 4.38. The van der Waals surface area contributed by atoms with Crippen molar-refractivity contribution in [3.05, 3.63) is 47.3 Å². The molecule has 2 aromatic rings. The maximum Gasteiger partial charge on any atom is 0.189 e. The number of guanidine groups is 1. The second kappa shape index (κ2) is 5.87. The number of nitrogens with zero attached hydrogens (tertiary/aromatic N) is 2. The Balaban J connectivity index is 1.68. The van der Waals surface area contributed by atoms with Gasteiger partial charge in [0.1, 0.15) is 5.75 Å². The van der Waals surface area contributed by atoms with Crippen molar-refractivity contribution in [3.63, 3.8) is 0 Å². The first kappa shape index (κ1) is 13.5. The minimum Gasteiger partial charge on any atom is -0.493 e. The number of nitrogens with two attached hydrogens (primary N) is 1. The third-order valence-corrected chi connectivity index (χ3v) is 3.63. The summed E-state index contributed by atoms with van der Waals surface area (Å²) in [6.07, 6.45) is 2.65. The monoisotopic (exact) mass is 285 g/mol. The molecule has 1 aliphatic heterocycles. The normalized spacial score (nSPS) is 18.0. The number of ether oxygens (including phenoxy) is 1. The lowest BCUT2D eigenvalue weighted by Gasteiger charge is -2.26. The van der Waals surface area contributed by atoms with Crippen LogP contribution in [0, 0.1) is 6.92 Å². The Morgan fingerprint density at radius 1 is 1.52 bits per heavy atom. The Morgan fingerprint density at radius 3 is 3.19 bits per heavy atom. The maximum atomic E-state index is 6.00. The first-order valence-corrected chi connectivity index (χ1v) is 7.01. The number of hydrogen-bond acceptors (Lipinski definition) is 3. The average Bonchev–Trinajstić information content (AvgIpc) is 2.91. The molecule has 0 fully saturated rings. The van der Waals surface area contributed by atoms with Crippen LogP contribution in [0.2, 0.25) is 0 Å². The van der Waals surface area contributed by atoms with Gasteiger partial charge in [-0.2, -0.15) is 5.10 Å². The highest BCUT2D eigenvalue weighted by Crippen LogP contribution is 2.31. The van der Waals surface area contributed by atoms with Crippen molar-refractivity contribution in [2.45, 2.75) is 25.9 Å². The molecule has 1 aromatic heterocycles. The van der Waals surface area contributed by atoms with Gasteiger partial charge in [0.2, 0.25) is 0 Å². The number of aromatic nitrogens is 2. The average molecular weight is 285 g/mol. The molecular weight excluding hydrogens is 266 g/mol. The highest BCUT2D eigenvalue weighted by molar-refractivity contribution is 5.78. The fourth-order valence-corrected chi connectivity index (χ4v) is 2.42. The van der Waals surface area contributed by atoms with Crippen LogP contribution in [0.25, 0.3) is 0 Å². The molecule has 3 rings (SSSR count). The first-order valence-electron chi connectivity index (χ1n) is 7.01. The Hall–Kier alpha value is -2.50. The number of rotatable bonds is 3. The molecule has 6 heteroatoms. The highest BCUT2D eigenvalue weighted by Gasteiger charge is 2.21. The van der Waals surface area contributed by atoms with Gasteiger partial charge < -0.3 is 15.8 Å². The smallest absolute Gasteiger partial charge is 0.189 e. The Bertz CT molecular complexity index is 649. The van der Waals surface area contributed by atoms with Crippen molar-refractivity contribution in [3.8, 4) is 5.75 Å². The van der Waals surface area contributed by atoms with E-state index in [1.54, 1.807) is 6.20 Å². The molecule has 6 nitrogen and oxygen atoms in total. The van der Waals surface area contributed by atoms with Crippen LogP contribution in [0.1, 0.15) is 29.3 Å². The van der Waals surface area contributed by atoms with Crippen molar-refractivity contribution in [2.75, 3.05) is 6.61 Å². The van der Waals surface area contributed by atoms with Crippen LogP contribution in [-0.4, -0.2) is 22.8 Å². The van der Waals surface area contributed by atoms with Crippen LogP contribution in [-0.2, 0) is 6.54 Å². The topological polar surface area (TPSA) is 88.3 Å². The summed E-state index contributed by atoms with van der Waals surface area (Å²) < 4.78 is 5.64. The van der Waals surface area contributed by atoms with Crippen LogP contribution in [0.5, 0.6) is 5.75 Å². The Labute approximate surface area is 123 Å². The summed E-state index contributed by atoms with van der Waals surface area (Å²) in [6, 6.07) is 8.15. The van der Waals surface area contributed by atoms with Gasteiger partial charge in [0, 0.05) is 23.2 Å². The fraction of sp³-hybridized carbons (Fsp3) is 0.333. The van der Waals surface area contributed by atoms with Crippen molar-refractivity contribution in [1.29, 1.82) is 0 Å². The third kappa shape index (κ3) is 2.99. The molecule has 0 bridgehead atoms. The van der Waals surface area contributed by atoms with E-state index in [-0.39, 0.29) is 6.04 Å². The summed E-state index contributed by atoms with van der Waals surface area (Å²) >= 11 is 0. The predicted molar refractivity (Wildman–Crippen MR) is 81.1 cm³/mol. The van der Waals surface area contributed by atoms with Gasteiger partial charge in [-0.15, -0.1) is 0 Å². The van der Waals surface area contributed by atoms with E-state index in [4.69, 9.17) is 10.5 Å². The number of hydrogen-bond donors (Lipinski definition) is 3. The van der Waals surface area contributed by atoms with E-state index in [0.717, 1.165) is 29.0 Å². The van der Waals surface area contributed by atoms with E-state index >= 15 is 0 Å². The molecule has 2 heterocycles. The van der Waals surface area contributed by atoms with Crippen LogP contribution < -0.4 is 15.8 Å². The molecule has 1 aliphatic rings. The van der Waals surface area contributed by atoms with E-state index in [0.29, 0.717) is 19.1 Å². The third-order valence-electron chi connectivity index (χ3n) is 3.63. The number of para-hydroxylation sites is 1. The summed E-state index contributed by atoms with van der Waals surface area (Å²) in [5.41, 5.74) is 9.19. The van der Waals surface area contributed by atoms with Gasteiger partial charge in [0.15, 0.2) is 5.96 Å². The number of H-pyrrole nitrogens is 1. The molecule has 1 atom stereocenters. The number of aromatic amines is 1. The molecule has 4 N–H and O–H groups in total. The first-order chi connectivity index (χ1) is 10.2. The number of benzene rings is 1. The standard InChI is InChI=1S/C15H19N5O/c1-10-11(9-18-20-10)8-17-15(16)19-13-6-7-21-14-5-3-2-4-12(13)14/h2-5,9,13H,6-8H2,1H3,(H,18,20)(H3,16,17,19). The van der Waals surface area contributed by atoms with Gasteiger partial charge in [-0.25, -0.2) is 4.99 Å². The number of aliphatic imine (C=N–C) groups is 1. The van der Waals surface area contributed by atoms with E-state index in [9.17, 15) is 0 Å². The van der Waals surface area contributed by atoms with E-state index < -0.39 is 0 Å². The lowest BCUT2D eigenvalue weighted by molar-refractivity contribution is 0.262. The summed E-state index contributed by atoms with van der Waals surface area (Å²) in [5.74, 6) is 1.36. The number of fused-ring (bicyclic) bond motifs is 1. The molecule has 0 aliphatic carbocycles. The fourth-order valence-electron chi connectivity index (χ4n) is 2.42. The predicted octanol–water partition coefficient (Wildman–Crippen LogP) is 1.65. The van der Waals surface area contributed by atoms with E-state index in [1.165, 1.54) is 0 Å². The minimum atomic E-state index is 0.143. The number of aryl methyl sites for hydroxylation is 1. The number of nitrogens with one attached hydrogen (secondary N) is 2. The lowest BCUT2D eigenvalue weighted by Crippen LogP contribution is -2.37. The highest BCUT2D eigenvalue weighted by atomic mass is 16.5. The van der Waals surface area contributed by atoms with Gasteiger partial charge >= 0.3 is 0 Å². The molecule has 0 radical (unpaired) electrons. The van der Waals surface area contributed by atoms with Crippen LogP contribution >= 0.6 is 0 Å². The van der Waals surface area contributed by atoms with Crippen molar-refractivity contribution >= 4 is 5.96 Å². The van der Waals surface area contributed by atoms with Gasteiger partial charge in [-0.05, 0) is 13.0 Å². The Kier molecular flexibility index (Phi) is 3.77. The van der Waals surface area contributed by atoms with Crippen molar-refractivity contribution < 1.29 is 4.74 Å². The molecular formula is C15H19N5O. The summed E-state index contributed by atoms with van der Waals surface area (Å²) in [6.45, 7) is 3.17. The van der Waals surface area contributed by atoms with E-state index in [1.807, 2.05) is 25.1 Å². The van der Waals surface area contributed by atoms with Crippen molar-refractivity contribution in [2.24, 2.45) is 10.7 Å². The molecule has 0 saturated heterocycles. The Morgan fingerprint density at radius 2 is 2.38 bits per heavy atom. The molecule has 21 heavy (non-hydrogen) atoms. The second-order valence-corrected chi connectivity index (χ2v) is 5.09. The van der Waals surface area contributed by atoms with Crippen LogP contribution in [0.3, 0.4) is 0 Å². The van der Waals surface area contributed by atoms with Gasteiger partial charge in [-0.1, -0.05) is 18.2 Å². The zero-order valence-electron chi connectivity index (χ0n) is 12.0. The molecule has 0 spiro atoms. The van der Waals surface area contributed by atoms with E-state index in [2.05, 4.69) is 26.6 Å². The van der Waals surface area contributed by atoms with Gasteiger partial charge in [-0.3, -0.25) is 5.10 Å². The molecule has 110 valence electrons. The molecule has 1 aromatic carbocycles. The molecule has 1 unspecified atom stereocenters. The minimum absolute atomic E-state index is 0.143. The maximum absolute atomic E-state index is 6.00. The van der Waals surface area contributed by atoms with Gasteiger partial charge in [0.05, 0.1) is 25.4 Å². The zero-order chi connectivity index (χ0) is 14.7. The largest absolute Gasteiger partial charge is 0.493 e. The SMILES string of the molecule is Cc1[nH]ncc1CN=C(N)NC1CCOc2ccccc21. The quantitative estimate of drug-likeness (QED) is 0.591. The lowest BCUT2D eigenvalue weighted by atomic mass is 10.0. The van der Waals surface area contributed by atoms with Crippen LogP contribution in [0.15, 0.2) is 35.5 Å². The van der Waals surface area contributed by atoms with Crippen LogP contribution in [0.4, 0.5) is 0 Å². The molecule has 0 saturated carbocycles. The second-order valence-electron chi connectivity index (χ2n) is 5.09. The van der Waals surface area contributed by atoms with Gasteiger partial charge in [0.25, 0.3) is 0 Å². The van der Waals surface area contributed by atoms with Crippen molar-refractivity contribution in [1.82, 2.24) is 15.5 Å². The zero-order valence-corrected chi connectivity index (χ0v) is 12.0. The molecule has 0 amide bonds. The summed E-state index contributed by atoms with van der Waals surface area (Å²) in [7, 11) is 0.